The molecule has 0 amide bonds. The van der Waals surface area contributed by atoms with Crippen LogP contribution in [0.5, 0.6) is 0 Å². The maximum Gasteiger partial charge on any atom is 0.318 e. The molecule has 1 aromatic carbocycles. The van der Waals surface area contributed by atoms with Crippen LogP contribution >= 0.6 is 0 Å². The zero-order valence-electron chi connectivity index (χ0n) is 16.2. The first-order valence-corrected chi connectivity index (χ1v) is 9.54. The molecule has 0 atom stereocenters. The van der Waals surface area contributed by atoms with E-state index in [2.05, 4.69) is 31.4 Å². The Morgan fingerprint density at radius 3 is 2.37 bits per heavy atom. The summed E-state index contributed by atoms with van der Waals surface area (Å²) in [6.45, 7) is 3.35. The predicted octanol–water partition coefficient (Wildman–Crippen LogP) is 2.84. The summed E-state index contributed by atoms with van der Waals surface area (Å²) in [6.07, 6.45) is 9.86. The van der Waals surface area contributed by atoms with Crippen LogP contribution in [0.25, 0.3) is 11.5 Å². The molecule has 152 valence electrons. The number of nitrogens with zero attached hydrogens (tertiary/aromatic N) is 5. The SMILES string of the molecule is C#CC1(C)CN(c2nnc(-c3cnc(NC4Cc5cc(F)c(F)cc5C4)nc3)o2)C1. The maximum atomic E-state index is 13.4. The molecule has 2 aromatic heterocycles. The van der Waals surface area contributed by atoms with E-state index < -0.39 is 11.6 Å². The molecule has 5 rings (SSSR count). The summed E-state index contributed by atoms with van der Waals surface area (Å²) in [5.41, 5.74) is 2.03. The van der Waals surface area contributed by atoms with Gasteiger partial charge in [-0.1, -0.05) is 11.0 Å². The molecule has 7 nitrogen and oxygen atoms in total. The number of benzene rings is 1. The largest absolute Gasteiger partial charge is 0.403 e. The Kier molecular flexibility index (Phi) is 4.17. The Morgan fingerprint density at radius 1 is 1.13 bits per heavy atom. The van der Waals surface area contributed by atoms with Crippen molar-refractivity contribution in [2.45, 2.75) is 25.8 Å². The molecule has 3 aromatic rings. The zero-order valence-corrected chi connectivity index (χ0v) is 16.2. The predicted molar refractivity (Wildman–Crippen MR) is 106 cm³/mol. The number of halogens is 2. The summed E-state index contributed by atoms with van der Waals surface area (Å²) in [4.78, 5) is 10.5. The number of terminal acetylenes is 1. The molecule has 1 saturated heterocycles. The van der Waals surface area contributed by atoms with Gasteiger partial charge < -0.3 is 14.6 Å². The minimum atomic E-state index is -0.823. The van der Waals surface area contributed by atoms with Crippen LogP contribution in [0.15, 0.2) is 28.9 Å². The molecule has 3 heterocycles. The molecule has 9 heteroatoms. The third-order valence-corrected chi connectivity index (χ3v) is 5.52. The fourth-order valence-corrected chi connectivity index (χ4v) is 3.89. The zero-order chi connectivity index (χ0) is 20.9. The number of hydrogen-bond donors (Lipinski definition) is 1. The van der Waals surface area contributed by atoms with Gasteiger partial charge in [-0.25, -0.2) is 18.7 Å². The molecule has 1 aliphatic heterocycles. The highest BCUT2D eigenvalue weighted by molar-refractivity contribution is 5.52. The fourth-order valence-electron chi connectivity index (χ4n) is 3.89. The lowest BCUT2D eigenvalue weighted by molar-refractivity contribution is 0.318. The van der Waals surface area contributed by atoms with E-state index in [-0.39, 0.29) is 11.5 Å². The van der Waals surface area contributed by atoms with E-state index in [9.17, 15) is 8.78 Å². The number of anilines is 2. The number of aromatic nitrogens is 4. The molecule has 0 unspecified atom stereocenters. The van der Waals surface area contributed by atoms with Crippen LogP contribution in [0.4, 0.5) is 20.7 Å². The summed E-state index contributed by atoms with van der Waals surface area (Å²) >= 11 is 0. The molecule has 1 N–H and O–H groups in total. The van der Waals surface area contributed by atoms with Crippen LogP contribution in [0, 0.1) is 29.4 Å². The topological polar surface area (TPSA) is 80.0 Å². The van der Waals surface area contributed by atoms with Gasteiger partial charge in [0.05, 0.1) is 11.0 Å². The third-order valence-electron chi connectivity index (χ3n) is 5.52. The molecule has 1 aliphatic carbocycles. The van der Waals surface area contributed by atoms with Crippen LogP contribution in [-0.2, 0) is 12.8 Å². The average molecular weight is 408 g/mol. The van der Waals surface area contributed by atoms with Crippen LogP contribution in [0.3, 0.4) is 0 Å². The van der Waals surface area contributed by atoms with Crippen LogP contribution in [0.2, 0.25) is 0 Å². The van der Waals surface area contributed by atoms with Gasteiger partial charge in [0.1, 0.15) is 0 Å². The van der Waals surface area contributed by atoms with Gasteiger partial charge in [-0.2, -0.15) is 0 Å². The first kappa shape index (κ1) is 18.5. The molecule has 0 bridgehead atoms. The van der Waals surface area contributed by atoms with Crippen LogP contribution in [0.1, 0.15) is 18.1 Å². The highest BCUT2D eigenvalue weighted by Gasteiger charge is 2.39. The Morgan fingerprint density at radius 2 is 1.77 bits per heavy atom. The monoisotopic (exact) mass is 408 g/mol. The van der Waals surface area contributed by atoms with Gasteiger partial charge >= 0.3 is 6.01 Å². The molecule has 0 saturated carbocycles. The standard InChI is InChI=1S/C21H18F2N6O/c1-3-21(2)10-29(11-21)20-28-27-18(30-20)14-8-24-19(25-9-14)26-15-4-12-6-16(22)17(23)7-13(12)5-15/h1,6-9,15H,4-5,10-11H2,2H3,(H,24,25,26). The normalized spacial score (nSPS) is 17.3. The Hall–Kier alpha value is -3.54. The van der Waals surface area contributed by atoms with Crippen molar-refractivity contribution in [1.29, 1.82) is 0 Å². The minimum absolute atomic E-state index is 0.0288. The van der Waals surface area contributed by atoms with Crippen molar-refractivity contribution >= 4 is 12.0 Å². The second-order valence-corrected chi connectivity index (χ2v) is 8.03. The van der Waals surface area contributed by atoms with E-state index in [1.54, 1.807) is 12.4 Å². The lowest BCUT2D eigenvalue weighted by atomic mass is 9.83. The minimum Gasteiger partial charge on any atom is -0.403 e. The van der Waals surface area contributed by atoms with E-state index >= 15 is 0 Å². The fraction of sp³-hybridized carbons (Fsp3) is 0.333. The molecular formula is C21H18F2N6O. The van der Waals surface area contributed by atoms with Gasteiger partial charge in [-0.05, 0) is 43.0 Å². The van der Waals surface area contributed by atoms with E-state index in [1.165, 1.54) is 12.1 Å². The highest BCUT2D eigenvalue weighted by atomic mass is 19.2. The van der Waals surface area contributed by atoms with Crippen molar-refractivity contribution in [3.05, 3.63) is 47.3 Å². The summed E-state index contributed by atoms with van der Waals surface area (Å²) in [5.74, 6) is 1.87. The van der Waals surface area contributed by atoms with E-state index in [4.69, 9.17) is 10.8 Å². The smallest absolute Gasteiger partial charge is 0.318 e. The van der Waals surface area contributed by atoms with Gasteiger partial charge in [0.2, 0.25) is 5.95 Å². The summed E-state index contributed by atoms with van der Waals surface area (Å²) in [7, 11) is 0. The first-order chi connectivity index (χ1) is 14.4. The van der Waals surface area contributed by atoms with Gasteiger partial charge in [0.15, 0.2) is 11.6 Å². The second-order valence-electron chi connectivity index (χ2n) is 8.03. The quantitative estimate of drug-likeness (QED) is 0.665. The molecule has 0 spiro atoms. The molecule has 30 heavy (non-hydrogen) atoms. The molecular weight excluding hydrogens is 390 g/mol. The van der Waals surface area contributed by atoms with Crippen molar-refractivity contribution in [3.8, 4) is 23.8 Å². The number of rotatable bonds is 4. The summed E-state index contributed by atoms with van der Waals surface area (Å²) < 4.78 is 32.5. The average Bonchev–Trinajstić information content (AvgIpc) is 3.33. The summed E-state index contributed by atoms with van der Waals surface area (Å²) in [6, 6.07) is 2.91. The van der Waals surface area contributed by atoms with E-state index in [1.807, 2.05) is 11.8 Å². The van der Waals surface area contributed by atoms with Gasteiger partial charge in [0, 0.05) is 31.5 Å². The second kappa shape index (κ2) is 6.76. The third kappa shape index (κ3) is 3.24. The van der Waals surface area contributed by atoms with Gasteiger partial charge in [-0.15, -0.1) is 11.5 Å². The van der Waals surface area contributed by atoms with Crippen molar-refractivity contribution in [2.24, 2.45) is 5.41 Å². The van der Waals surface area contributed by atoms with Crippen LogP contribution < -0.4 is 10.2 Å². The van der Waals surface area contributed by atoms with Crippen molar-refractivity contribution < 1.29 is 13.2 Å². The highest BCUT2D eigenvalue weighted by Crippen LogP contribution is 2.33. The van der Waals surface area contributed by atoms with Crippen molar-refractivity contribution in [1.82, 2.24) is 20.2 Å². The summed E-state index contributed by atoms with van der Waals surface area (Å²) in [5, 5.41) is 11.3. The van der Waals surface area contributed by atoms with Crippen molar-refractivity contribution in [3.63, 3.8) is 0 Å². The lowest BCUT2D eigenvalue weighted by Gasteiger charge is -2.43. The number of hydrogen-bond acceptors (Lipinski definition) is 7. The Labute approximate surface area is 171 Å². The van der Waals surface area contributed by atoms with Crippen LogP contribution in [-0.4, -0.2) is 39.3 Å². The van der Waals surface area contributed by atoms with Gasteiger partial charge in [0.25, 0.3) is 5.89 Å². The van der Waals surface area contributed by atoms with Crippen molar-refractivity contribution in [2.75, 3.05) is 23.3 Å². The lowest BCUT2D eigenvalue weighted by Crippen LogP contribution is -2.54. The Bertz CT molecular complexity index is 1120. The number of fused-ring (bicyclic) bond motifs is 1. The maximum absolute atomic E-state index is 13.4. The molecule has 1 fully saturated rings. The van der Waals surface area contributed by atoms with Gasteiger partial charge in [-0.3, -0.25) is 0 Å². The Balaban J connectivity index is 1.23. The van der Waals surface area contributed by atoms with E-state index in [0.29, 0.717) is 49.3 Å². The number of nitrogens with one attached hydrogen (secondary N) is 1. The van der Waals surface area contributed by atoms with E-state index in [0.717, 1.165) is 11.1 Å². The molecule has 2 aliphatic rings. The molecule has 0 radical (unpaired) electrons. The first-order valence-electron chi connectivity index (χ1n) is 9.54.